The molecule has 1 atom stereocenters. The van der Waals surface area contributed by atoms with Crippen molar-refractivity contribution in [3.8, 4) is 0 Å². The summed E-state index contributed by atoms with van der Waals surface area (Å²) in [7, 11) is 1.04. The largest absolute Gasteiger partial charge is 0.467 e. The Hall–Kier alpha value is -2.30. The Morgan fingerprint density at radius 1 is 1.56 bits per heavy atom. The first-order valence-electron chi connectivity index (χ1n) is 6.89. The number of carbonyl (C=O) groups is 1. The van der Waals surface area contributed by atoms with Gasteiger partial charge in [0.2, 0.25) is 5.84 Å². The first kappa shape index (κ1) is 22.7. The fraction of sp³-hybridized carbons (Fsp3) is 0.538. The molecule has 0 unspecified atom stereocenters. The molecule has 2 N–H and O–H groups in total. The van der Waals surface area contributed by atoms with E-state index >= 15 is 0 Å². The van der Waals surface area contributed by atoms with Gasteiger partial charge in [0.15, 0.2) is 0 Å². The Morgan fingerprint density at radius 3 is 2.44 bits per heavy atom. The van der Waals surface area contributed by atoms with Gasteiger partial charge >= 0.3 is 17.8 Å². The van der Waals surface area contributed by atoms with Gasteiger partial charge in [0, 0.05) is 6.54 Å². The highest BCUT2D eigenvalue weighted by atomic mass is 35.5. The minimum absolute atomic E-state index is 0.00607. The number of halogens is 4. The summed E-state index contributed by atoms with van der Waals surface area (Å²) in [4.78, 5) is 26.5. The van der Waals surface area contributed by atoms with Crippen molar-refractivity contribution in [1.29, 1.82) is 0 Å². The molecule has 0 aromatic rings. The zero-order valence-corrected chi connectivity index (χ0v) is 14.3. The van der Waals surface area contributed by atoms with Gasteiger partial charge in [-0.3, -0.25) is 10.1 Å². The van der Waals surface area contributed by atoms with Gasteiger partial charge in [-0.25, -0.2) is 9.79 Å². The van der Waals surface area contributed by atoms with Gasteiger partial charge in [0.25, 0.3) is 0 Å². The number of ether oxygens (including phenoxy) is 1. The molecule has 0 aromatic carbocycles. The van der Waals surface area contributed by atoms with Crippen LogP contribution in [-0.2, 0) is 9.53 Å². The number of hydrogen-bond donors (Lipinski definition) is 1. The maximum absolute atomic E-state index is 12.6. The lowest BCUT2D eigenvalue weighted by Crippen LogP contribution is -2.48. The second-order valence-electron chi connectivity index (χ2n) is 4.63. The highest BCUT2D eigenvalue weighted by molar-refractivity contribution is 6.30. The highest BCUT2D eigenvalue weighted by Crippen LogP contribution is 2.23. The normalized spacial score (nSPS) is 14.0. The zero-order chi connectivity index (χ0) is 19.8. The van der Waals surface area contributed by atoms with Crippen molar-refractivity contribution < 1.29 is 27.6 Å². The van der Waals surface area contributed by atoms with Crippen LogP contribution in [0, 0.1) is 10.1 Å². The van der Waals surface area contributed by atoms with E-state index in [1.807, 2.05) is 0 Å². The van der Waals surface area contributed by atoms with E-state index < -0.39 is 52.8 Å². The van der Waals surface area contributed by atoms with Crippen molar-refractivity contribution in [2.75, 3.05) is 13.7 Å². The lowest BCUT2D eigenvalue weighted by Gasteiger charge is -2.31. The van der Waals surface area contributed by atoms with Crippen LogP contribution in [0.5, 0.6) is 0 Å². The minimum atomic E-state index is -4.57. The molecule has 0 saturated heterocycles. The Labute approximate surface area is 146 Å². The molecule has 142 valence electrons. The molecule has 0 spiro atoms. The number of carbonyl (C=O) groups excluding carboxylic acids is 1. The lowest BCUT2D eigenvalue weighted by atomic mass is 10.1. The molecule has 0 aliphatic rings. The highest BCUT2D eigenvalue weighted by Gasteiger charge is 2.37. The van der Waals surface area contributed by atoms with Gasteiger partial charge in [-0.15, -0.1) is 0 Å². The van der Waals surface area contributed by atoms with Crippen molar-refractivity contribution in [3.05, 3.63) is 33.7 Å². The molecule has 12 heteroatoms. The zero-order valence-electron chi connectivity index (χ0n) is 13.5. The summed E-state index contributed by atoms with van der Waals surface area (Å²) in [5.41, 5.74) is 4.37. The molecule has 0 aromatic heterocycles. The summed E-state index contributed by atoms with van der Waals surface area (Å²) in [6.45, 7) is 3.93. The van der Waals surface area contributed by atoms with Crippen LogP contribution in [0.25, 0.3) is 0 Å². The number of aliphatic imine (C=N–C) groups is 1. The van der Waals surface area contributed by atoms with Gasteiger partial charge in [-0.2, -0.15) is 13.2 Å². The molecule has 0 fully saturated rings. The van der Waals surface area contributed by atoms with Crippen molar-refractivity contribution >= 4 is 23.4 Å². The van der Waals surface area contributed by atoms with Crippen LogP contribution >= 0.6 is 11.6 Å². The molecule has 0 amide bonds. The second-order valence-corrected chi connectivity index (χ2v) is 5.06. The van der Waals surface area contributed by atoms with E-state index in [9.17, 15) is 28.1 Å². The summed E-state index contributed by atoms with van der Waals surface area (Å²) >= 11 is 5.54. The van der Waals surface area contributed by atoms with Gasteiger partial charge in [0.1, 0.15) is 11.2 Å². The van der Waals surface area contributed by atoms with E-state index in [0.29, 0.717) is 6.20 Å². The van der Waals surface area contributed by atoms with Crippen LogP contribution < -0.4 is 5.73 Å². The van der Waals surface area contributed by atoms with Crippen molar-refractivity contribution in [2.45, 2.75) is 32.0 Å². The molecular formula is C13H18ClF3N4O4. The third-order valence-corrected chi connectivity index (χ3v) is 3.04. The summed E-state index contributed by atoms with van der Waals surface area (Å²) < 4.78 is 42.5. The summed E-state index contributed by atoms with van der Waals surface area (Å²) in [5.74, 6) is -1.51. The molecule has 25 heavy (non-hydrogen) atoms. The number of methoxy groups -OCH3 is 1. The predicted molar refractivity (Wildman–Crippen MR) is 85.2 cm³/mol. The number of hydrogen-bond acceptors (Lipinski definition) is 6. The summed E-state index contributed by atoms with van der Waals surface area (Å²) in [6, 6.07) is -1.27. The quantitative estimate of drug-likeness (QED) is 0.171. The smallest absolute Gasteiger partial charge is 0.390 e. The van der Waals surface area contributed by atoms with E-state index in [1.165, 1.54) is 6.92 Å². The Morgan fingerprint density at radius 2 is 2.12 bits per heavy atom. The van der Waals surface area contributed by atoms with Crippen LogP contribution in [0.2, 0.25) is 0 Å². The van der Waals surface area contributed by atoms with E-state index in [2.05, 4.69) is 16.3 Å². The third kappa shape index (κ3) is 7.42. The van der Waals surface area contributed by atoms with Crippen molar-refractivity contribution in [2.24, 2.45) is 10.7 Å². The SMILES string of the molecule is C=C(Cl)N=C(/C(=C\N)[N+](=O)[O-])N(CCC(F)(F)F)[C@H](CC)C(=O)OC. The van der Waals surface area contributed by atoms with E-state index in [1.54, 1.807) is 0 Å². The fourth-order valence-corrected chi connectivity index (χ4v) is 1.99. The van der Waals surface area contributed by atoms with Crippen molar-refractivity contribution in [3.63, 3.8) is 0 Å². The number of nitrogens with zero attached hydrogens (tertiary/aromatic N) is 3. The second kappa shape index (κ2) is 9.87. The molecule has 8 nitrogen and oxygen atoms in total. The maximum atomic E-state index is 12.6. The Balaban J connectivity index is 6.20. The van der Waals surface area contributed by atoms with Gasteiger partial charge in [0.05, 0.1) is 24.7 Å². The molecule has 0 radical (unpaired) electrons. The molecule has 0 aliphatic heterocycles. The molecule has 0 bridgehead atoms. The monoisotopic (exact) mass is 386 g/mol. The molecular weight excluding hydrogens is 369 g/mol. The molecule has 0 saturated carbocycles. The average molecular weight is 387 g/mol. The topological polar surface area (TPSA) is 111 Å². The number of nitro groups is 1. The third-order valence-electron chi connectivity index (χ3n) is 2.96. The number of alkyl halides is 3. The predicted octanol–water partition coefficient (Wildman–Crippen LogP) is 2.38. The summed E-state index contributed by atoms with van der Waals surface area (Å²) in [5, 5.41) is 10.7. The first-order chi connectivity index (χ1) is 11.5. The van der Waals surface area contributed by atoms with E-state index in [-0.39, 0.29) is 6.42 Å². The van der Waals surface area contributed by atoms with E-state index in [0.717, 1.165) is 12.0 Å². The summed E-state index contributed by atoms with van der Waals surface area (Å²) in [6.07, 6.45) is -5.39. The minimum Gasteiger partial charge on any atom is -0.467 e. The molecule has 0 heterocycles. The van der Waals surface area contributed by atoms with Gasteiger partial charge < -0.3 is 15.4 Å². The number of esters is 1. The number of amidine groups is 1. The van der Waals surface area contributed by atoms with Crippen LogP contribution in [0.3, 0.4) is 0 Å². The van der Waals surface area contributed by atoms with Gasteiger partial charge in [-0.1, -0.05) is 25.1 Å². The van der Waals surface area contributed by atoms with Crippen LogP contribution in [-0.4, -0.2) is 47.5 Å². The van der Waals surface area contributed by atoms with E-state index in [4.69, 9.17) is 17.3 Å². The molecule has 0 aliphatic carbocycles. The van der Waals surface area contributed by atoms with Gasteiger partial charge in [-0.05, 0) is 6.42 Å². The Bertz CT molecular complexity index is 578. The lowest BCUT2D eigenvalue weighted by molar-refractivity contribution is -0.416. The van der Waals surface area contributed by atoms with Crippen molar-refractivity contribution in [1.82, 2.24) is 4.90 Å². The Kier molecular flexibility index (Phi) is 8.96. The fourth-order valence-electron chi connectivity index (χ4n) is 1.91. The number of rotatable bonds is 8. The van der Waals surface area contributed by atoms with Crippen LogP contribution in [0.15, 0.2) is 28.6 Å². The standard InChI is InChI=1S/C13H18ClF3N4O4/c1-4-9(12(22)25-3)20(6-5-13(15,16)17)11(19-8(2)14)10(7-18)21(23)24/h7,9H,2,4-6,18H2,1,3H3/b10-7+,19-11?/t9-/m1/s1. The van der Waals surface area contributed by atoms with Crippen LogP contribution in [0.1, 0.15) is 19.8 Å². The van der Waals surface area contributed by atoms with Crippen LogP contribution in [0.4, 0.5) is 13.2 Å². The molecule has 0 rings (SSSR count). The number of nitrogens with two attached hydrogens (primary N) is 1. The first-order valence-corrected chi connectivity index (χ1v) is 7.27. The average Bonchev–Trinajstić information content (AvgIpc) is 2.48. The maximum Gasteiger partial charge on any atom is 0.390 e.